The highest BCUT2D eigenvalue weighted by molar-refractivity contribution is 6.30. The van der Waals surface area contributed by atoms with E-state index in [4.69, 9.17) is 16.3 Å². The number of hydrogen-bond acceptors (Lipinski definition) is 5. The number of aromatic nitrogens is 2. The summed E-state index contributed by atoms with van der Waals surface area (Å²) in [5.41, 5.74) is 1.12. The molecule has 136 valence electrons. The summed E-state index contributed by atoms with van der Waals surface area (Å²) in [5.74, 6) is 0. The van der Waals surface area contributed by atoms with Gasteiger partial charge in [-0.15, -0.1) is 0 Å². The molecule has 2 unspecified atom stereocenters. The maximum Gasteiger partial charge on any atom is 0.407 e. The van der Waals surface area contributed by atoms with Gasteiger partial charge in [0.25, 0.3) is 0 Å². The third kappa shape index (κ3) is 5.45. The van der Waals surface area contributed by atoms with Gasteiger partial charge in [0.1, 0.15) is 17.8 Å². The summed E-state index contributed by atoms with van der Waals surface area (Å²) < 4.78 is 5.09. The van der Waals surface area contributed by atoms with Crippen LogP contribution in [0.25, 0.3) is 11.3 Å². The molecule has 1 amide bonds. The normalized spacial score (nSPS) is 14.0. The molecule has 25 heavy (non-hydrogen) atoms. The second-order valence-electron chi connectivity index (χ2n) is 6.60. The van der Waals surface area contributed by atoms with E-state index in [1.165, 1.54) is 6.20 Å². The van der Waals surface area contributed by atoms with Crippen LogP contribution in [0.15, 0.2) is 30.5 Å². The standard InChI is InChI=1S/C17H22ClN3O4/c1-17(2,3)25-16(24)19-9-13(22)15(23)12-8-20-21-14(12)10-4-6-11(18)7-5-10/h4-8,13,15,22-23H,9H2,1-3H3,(H,19,24)(H,20,21). The van der Waals surface area contributed by atoms with Crippen LogP contribution in [0.2, 0.25) is 5.02 Å². The van der Waals surface area contributed by atoms with Crippen molar-refractivity contribution < 1.29 is 19.7 Å². The van der Waals surface area contributed by atoms with Crippen LogP contribution in [-0.2, 0) is 4.74 Å². The van der Waals surface area contributed by atoms with E-state index in [1.807, 2.05) is 0 Å². The van der Waals surface area contributed by atoms with Crippen LogP contribution in [0, 0.1) is 0 Å². The maximum atomic E-state index is 11.6. The fraction of sp³-hybridized carbons (Fsp3) is 0.412. The Bertz CT molecular complexity index is 709. The minimum Gasteiger partial charge on any atom is -0.444 e. The van der Waals surface area contributed by atoms with Crippen molar-refractivity contribution in [2.24, 2.45) is 0 Å². The van der Waals surface area contributed by atoms with Gasteiger partial charge in [0.15, 0.2) is 0 Å². The molecule has 0 aliphatic heterocycles. The molecule has 2 aromatic rings. The predicted octanol–water partition coefficient (Wildman–Crippen LogP) is 2.65. The number of rotatable bonds is 5. The number of aliphatic hydroxyl groups excluding tert-OH is 2. The van der Waals surface area contributed by atoms with Crippen LogP contribution in [-0.4, -0.2) is 44.8 Å². The number of H-pyrrole nitrogens is 1. The number of carbonyl (C=O) groups is 1. The van der Waals surface area contributed by atoms with Gasteiger partial charge in [0.2, 0.25) is 0 Å². The molecule has 4 N–H and O–H groups in total. The Morgan fingerprint density at radius 1 is 1.32 bits per heavy atom. The van der Waals surface area contributed by atoms with Gasteiger partial charge in [-0.05, 0) is 32.9 Å². The third-order valence-electron chi connectivity index (χ3n) is 3.34. The second-order valence-corrected chi connectivity index (χ2v) is 7.04. The lowest BCUT2D eigenvalue weighted by Crippen LogP contribution is -2.38. The van der Waals surface area contributed by atoms with Gasteiger partial charge in [-0.2, -0.15) is 5.10 Å². The third-order valence-corrected chi connectivity index (χ3v) is 3.59. The summed E-state index contributed by atoms with van der Waals surface area (Å²) >= 11 is 5.88. The zero-order valence-electron chi connectivity index (χ0n) is 14.3. The topological polar surface area (TPSA) is 107 Å². The molecule has 1 aromatic heterocycles. The Hall–Kier alpha value is -2.09. The first-order valence-corrected chi connectivity index (χ1v) is 8.17. The minimum absolute atomic E-state index is 0.165. The Kier molecular flexibility index (Phi) is 6.05. The summed E-state index contributed by atoms with van der Waals surface area (Å²) in [7, 11) is 0. The lowest BCUT2D eigenvalue weighted by Gasteiger charge is -2.22. The van der Waals surface area contributed by atoms with Gasteiger partial charge >= 0.3 is 6.09 Å². The molecule has 8 heteroatoms. The van der Waals surface area contributed by atoms with Crippen molar-refractivity contribution in [2.45, 2.75) is 38.6 Å². The van der Waals surface area contributed by atoms with Crippen LogP contribution >= 0.6 is 11.6 Å². The highest BCUT2D eigenvalue weighted by Gasteiger charge is 2.25. The molecule has 0 saturated heterocycles. The van der Waals surface area contributed by atoms with Gasteiger partial charge in [-0.25, -0.2) is 4.79 Å². The fourth-order valence-electron chi connectivity index (χ4n) is 2.19. The van der Waals surface area contributed by atoms with E-state index >= 15 is 0 Å². The number of hydrogen-bond donors (Lipinski definition) is 4. The van der Waals surface area contributed by atoms with Crippen molar-refractivity contribution in [3.63, 3.8) is 0 Å². The van der Waals surface area contributed by atoms with E-state index in [9.17, 15) is 15.0 Å². The largest absolute Gasteiger partial charge is 0.444 e. The van der Waals surface area contributed by atoms with Gasteiger partial charge < -0.3 is 20.3 Å². The van der Waals surface area contributed by atoms with Crippen molar-refractivity contribution in [2.75, 3.05) is 6.54 Å². The first-order valence-electron chi connectivity index (χ1n) is 7.79. The average Bonchev–Trinajstić information content (AvgIpc) is 3.00. The van der Waals surface area contributed by atoms with Crippen molar-refractivity contribution in [1.82, 2.24) is 15.5 Å². The number of halogens is 1. The Morgan fingerprint density at radius 3 is 2.56 bits per heavy atom. The number of aromatic amines is 1. The number of carbonyl (C=O) groups excluding carboxylic acids is 1. The summed E-state index contributed by atoms with van der Waals surface area (Å²) in [6, 6.07) is 6.98. The molecule has 2 rings (SSSR count). The number of aliphatic hydroxyl groups is 2. The maximum absolute atomic E-state index is 11.6. The Labute approximate surface area is 151 Å². The number of nitrogens with one attached hydrogen (secondary N) is 2. The van der Waals surface area contributed by atoms with Crippen LogP contribution < -0.4 is 5.32 Å². The molecule has 0 aliphatic carbocycles. The van der Waals surface area contributed by atoms with Crippen molar-refractivity contribution in [3.05, 3.63) is 41.0 Å². The van der Waals surface area contributed by atoms with Crippen LogP contribution in [0.1, 0.15) is 32.4 Å². The smallest absolute Gasteiger partial charge is 0.407 e. The highest BCUT2D eigenvalue weighted by atomic mass is 35.5. The minimum atomic E-state index is -1.24. The summed E-state index contributed by atoms with van der Waals surface area (Å²) in [5, 5.41) is 30.3. The molecule has 0 spiro atoms. The predicted molar refractivity (Wildman–Crippen MR) is 94.2 cm³/mol. The molecule has 0 aliphatic rings. The van der Waals surface area contributed by atoms with Crippen LogP contribution in [0.5, 0.6) is 0 Å². The number of benzene rings is 1. The molecule has 1 aromatic carbocycles. The zero-order valence-corrected chi connectivity index (χ0v) is 15.0. The first-order chi connectivity index (χ1) is 11.7. The Balaban J connectivity index is 2.03. The van der Waals surface area contributed by atoms with E-state index in [0.29, 0.717) is 16.3 Å². The van der Waals surface area contributed by atoms with Crippen LogP contribution in [0.4, 0.5) is 4.79 Å². The van der Waals surface area contributed by atoms with Crippen molar-refractivity contribution in [3.8, 4) is 11.3 Å². The number of ether oxygens (including phenoxy) is 1. The summed E-state index contributed by atoms with van der Waals surface area (Å²) in [6.45, 7) is 5.05. The quantitative estimate of drug-likeness (QED) is 0.649. The average molecular weight is 368 g/mol. The van der Waals surface area contributed by atoms with Gasteiger partial charge in [0, 0.05) is 22.7 Å². The van der Waals surface area contributed by atoms with Gasteiger partial charge in [-0.1, -0.05) is 23.7 Å². The molecular weight excluding hydrogens is 346 g/mol. The molecule has 2 atom stereocenters. The number of amides is 1. The molecule has 1 heterocycles. The molecule has 0 radical (unpaired) electrons. The van der Waals surface area contributed by atoms with E-state index < -0.39 is 23.9 Å². The van der Waals surface area contributed by atoms with E-state index in [1.54, 1.807) is 45.0 Å². The second kappa shape index (κ2) is 7.86. The monoisotopic (exact) mass is 367 g/mol. The summed E-state index contributed by atoms with van der Waals surface area (Å²) in [4.78, 5) is 11.6. The number of alkyl carbamates (subject to hydrolysis) is 1. The van der Waals surface area contributed by atoms with Gasteiger partial charge in [-0.3, -0.25) is 5.10 Å². The first kappa shape index (κ1) is 19.2. The van der Waals surface area contributed by atoms with Crippen molar-refractivity contribution in [1.29, 1.82) is 0 Å². The van der Waals surface area contributed by atoms with Crippen molar-refractivity contribution >= 4 is 17.7 Å². The number of nitrogens with zero attached hydrogens (tertiary/aromatic N) is 1. The molecular formula is C17H22ClN3O4. The zero-order chi connectivity index (χ0) is 18.6. The molecule has 0 bridgehead atoms. The lowest BCUT2D eigenvalue weighted by molar-refractivity contribution is 0.0132. The fourth-order valence-corrected chi connectivity index (χ4v) is 2.31. The molecule has 7 nitrogen and oxygen atoms in total. The van der Waals surface area contributed by atoms with Crippen LogP contribution in [0.3, 0.4) is 0 Å². The van der Waals surface area contributed by atoms with E-state index in [-0.39, 0.29) is 6.54 Å². The molecule has 0 fully saturated rings. The summed E-state index contributed by atoms with van der Waals surface area (Å²) in [6.07, 6.45) is -1.69. The highest BCUT2D eigenvalue weighted by Crippen LogP contribution is 2.28. The van der Waals surface area contributed by atoms with E-state index in [0.717, 1.165) is 5.56 Å². The SMILES string of the molecule is CC(C)(C)OC(=O)NCC(O)C(O)c1cn[nH]c1-c1ccc(Cl)cc1. The molecule has 0 saturated carbocycles. The lowest BCUT2D eigenvalue weighted by atomic mass is 10.0. The van der Waals surface area contributed by atoms with E-state index in [2.05, 4.69) is 15.5 Å². The Morgan fingerprint density at radius 2 is 1.96 bits per heavy atom. The van der Waals surface area contributed by atoms with Gasteiger partial charge in [0.05, 0.1) is 11.9 Å².